The first-order valence-electron chi connectivity index (χ1n) is 11.5. The number of amides is 1. The van der Waals surface area contributed by atoms with Crippen LogP contribution in [0.5, 0.6) is 28.7 Å². The summed E-state index contributed by atoms with van der Waals surface area (Å²) in [6.45, 7) is 0. The Hall–Kier alpha value is -2.84. The lowest BCUT2D eigenvalue weighted by atomic mass is 9.89. The van der Waals surface area contributed by atoms with Gasteiger partial charge in [-0.15, -0.1) is 0 Å². The molecular weight excluding hydrogens is 509 g/mol. The Balaban J connectivity index is 2.15. The van der Waals surface area contributed by atoms with E-state index in [1.807, 2.05) is 12.1 Å². The van der Waals surface area contributed by atoms with E-state index in [0.717, 1.165) is 5.56 Å². The Morgan fingerprint density at radius 3 is 2.11 bits per heavy atom. The first-order chi connectivity index (χ1) is 17.2. The van der Waals surface area contributed by atoms with Crippen LogP contribution in [0.1, 0.15) is 37.7 Å². The minimum atomic E-state index is -1.73. The van der Waals surface area contributed by atoms with Crippen molar-refractivity contribution in [3.05, 3.63) is 42.0 Å². The number of methoxy groups -OCH3 is 4. The number of nitrogens with two attached hydrogens (primary N) is 1. The van der Waals surface area contributed by atoms with Gasteiger partial charge in [0.2, 0.25) is 11.5 Å². The number of para-hydroxylation sites is 1. The summed E-state index contributed by atoms with van der Waals surface area (Å²) in [5.74, 6) is 1.04. The Morgan fingerprint density at radius 1 is 0.917 bits per heavy atom. The number of esters is 1. The highest BCUT2D eigenvalue weighted by atomic mass is 35.5. The van der Waals surface area contributed by atoms with Gasteiger partial charge in [0.1, 0.15) is 5.75 Å². The number of ether oxygens (including phenoxy) is 5. The molecule has 2 N–H and O–H groups in total. The summed E-state index contributed by atoms with van der Waals surface area (Å²) in [6, 6.07) is 10.7. The van der Waals surface area contributed by atoms with Crippen molar-refractivity contribution in [2.45, 2.75) is 42.9 Å². The van der Waals surface area contributed by atoms with Crippen LogP contribution in [0.3, 0.4) is 0 Å². The molecule has 0 aromatic heterocycles. The van der Waals surface area contributed by atoms with Crippen molar-refractivity contribution in [1.29, 1.82) is 0 Å². The van der Waals surface area contributed by atoms with Crippen molar-refractivity contribution in [3.8, 4) is 28.7 Å². The molecule has 0 aliphatic heterocycles. The second kappa shape index (κ2) is 14.0. The van der Waals surface area contributed by atoms with E-state index in [0.29, 0.717) is 54.4 Å². The third kappa shape index (κ3) is 8.10. The van der Waals surface area contributed by atoms with Gasteiger partial charge in [-0.2, -0.15) is 0 Å². The van der Waals surface area contributed by atoms with Gasteiger partial charge in [-0.05, 0) is 56.2 Å². The first-order valence-corrected chi connectivity index (χ1v) is 12.2. The van der Waals surface area contributed by atoms with E-state index in [9.17, 15) is 9.59 Å². The third-order valence-corrected chi connectivity index (χ3v) is 6.44. The van der Waals surface area contributed by atoms with Crippen LogP contribution in [0.25, 0.3) is 0 Å². The molecule has 0 fully saturated rings. The largest absolute Gasteiger partial charge is 0.493 e. The number of benzene rings is 2. The Bertz CT molecular complexity index is 1020. The van der Waals surface area contributed by atoms with E-state index in [-0.39, 0.29) is 24.7 Å². The summed E-state index contributed by atoms with van der Waals surface area (Å²) < 4.78 is 25.6. The van der Waals surface area contributed by atoms with Crippen molar-refractivity contribution < 1.29 is 33.3 Å². The number of carbonyl (C=O) groups excluding carboxylic acids is 2. The molecule has 1 atom stereocenters. The molecular formula is C26H33Cl2NO7. The van der Waals surface area contributed by atoms with Gasteiger partial charge < -0.3 is 29.4 Å². The molecule has 1 amide bonds. The highest BCUT2D eigenvalue weighted by Gasteiger charge is 2.34. The van der Waals surface area contributed by atoms with Gasteiger partial charge in [0.25, 0.3) is 5.91 Å². The van der Waals surface area contributed by atoms with Crippen molar-refractivity contribution in [2.24, 2.45) is 11.7 Å². The fourth-order valence-corrected chi connectivity index (χ4v) is 4.40. The van der Waals surface area contributed by atoms with Gasteiger partial charge in [0.05, 0.1) is 28.4 Å². The monoisotopic (exact) mass is 541 g/mol. The van der Waals surface area contributed by atoms with Crippen molar-refractivity contribution in [1.82, 2.24) is 0 Å². The minimum absolute atomic E-state index is 0.124. The molecule has 2 rings (SSSR count). The highest BCUT2D eigenvalue weighted by molar-refractivity contribution is 6.57. The zero-order valence-corrected chi connectivity index (χ0v) is 22.5. The van der Waals surface area contributed by atoms with Crippen molar-refractivity contribution in [3.63, 3.8) is 0 Å². The summed E-state index contributed by atoms with van der Waals surface area (Å²) in [7, 11) is 6.11. The zero-order chi connectivity index (χ0) is 26.7. The van der Waals surface area contributed by atoms with Crippen LogP contribution in [0.15, 0.2) is 36.4 Å². The lowest BCUT2D eigenvalue weighted by Gasteiger charge is -2.24. The number of hydrogen-bond acceptors (Lipinski definition) is 7. The SMILES string of the molecule is COc1cc(CCC(CCCC(=O)Oc2ccccc2)CC(Cl)(Cl)C(N)=O)c(OC)c(OC)c1OC. The molecule has 36 heavy (non-hydrogen) atoms. The maximum atomic E-state index is 12.2. The normalized spacial score (nSPS) is 11.9. The molecule has 0 bridgehead atoms. The van der Waals surface area contributed by atoms with E-state index in [4.69, 9.17) is 52.6 Å². The van der Waals surface area contributed by atoms with Gasteiger partial charge in [-0.3, -0.25) is 9.59 Å². The molecule has 0 aliphatic rings. The Kier molecular flexibility index (Phi) is 11.5. The predicted octanol–water partition coefficient (Wildman–Crippen LogP) is 5.10. The smallest absolute Gasteiger partial charge is 0.311 e. The number of carbonyl (C=O) groups is 2. The van der Waals surface area contributed by atoms with E-state index in [2.05, 4.69) is 0 Å². The van der Waals surface area contributed by atoms with Crippen LogP contribution >= 0.6 is 23.2 Å². The van der Waals surface area contributed by atoms with E-state index < -0.39 is 10.2 Å². The number of rotatable bonds is 15. The van der Waals surface area contributed by atoms with E-state index >= 15 is 0 Å². The van der Waals surface area contributed by atoms with Crippen LogP contribution in [-0.2, 0) is 16.0 Å². The maximum absolute atomic E-state index is 12.2. The molecule has 10 heteroatoms. The van der Waals surface area contributed by atoms with Crippen molar-refractivity contribution >= 4 is 35.1 Å². The van der Waals surface area contributed by atoms with Gasteiger partial charge >= 0.3 is 5.97 Å². The molecule has 0 aliphatic carbocycles. The van der Waals surface area contributed by atoms with Crippen molar-refractivity contribution in [2.75, 3.05) is 28.4 Å². The van der Waals surface area contributed by atoms with Crippen LogP contribution in [0.4, 0.5) is 0 Å². The fourth-order valence-electron chi connectivity index (χ4n) is 3.97. The molecule has 198 valence electrons. The second-order valence-electron chi connectivity index (χ2n) is 8.19. The first kappa shape index (κ1) is 29.4. The number of primary amides is 1. The van der Waals surface area contributed by atoms with Crippen LogP contribution in [-0.4, -0.2) is 44.6 Å². The van der Waals surface area contributed by atoms with Gasteiger partial charge in [-0.1, -0.05) is 41.4 Å². The summed E-state index contributed by atoms with van der Waals surface area (Å²) in [4.78, 5) is 24.0. The molecule has 0 radical (unpaired) electrons. The summed E-state index contributed by atoms with van der Waals surface area (Å²) in [5, 5.41) is 0. The molecule has 8 nitrogen and oxygen atoms in total. The summed E-state index contributed by atoms with van der Waals surface area (Å²) >= 11 is 12.4. The van der Waals surface area contributed by atoms with Gasteiger partial charge in [0, 0.05) is 12.0 Å². The number of halogens is 2. The second-order valence-corrected chi connectivity index (χ2v) is 9.68. The third-order valence-electron chi connectivity index (χ3n) is 5.76. The molecule has 0 spiro atoms. The van der Waals surface area contributed by atoms with Gasteiger partial charge in [-0.25, -0.2) is 0 Å². The fraction of sp³-hybridized carbons (Fsp3) is 0.462. The molecule has 0 saturated heterocycles. The average Bonchev–Trinajstić information content (AvgIpc) is 2.86. The lowest BCUT2D eigenvalue weighted by molar-refractivity contribution is -0.134. The average molecular weight is 542 g/mol. The molecule has 0 saturated carbocycles. The van der Waals surface area contributed by atoms with Crippen LogP contribution < -0.4 is 29.4 Å². The number of alkyl halides is 2. The maximum Gasteiger partial charge on any atom is 0.311 e. The van der Waals surface area contributed by atoms with E-state index in [1.54, 1.807) is 31.4 Å². The predicted molar refractivity (Wildman–Crippen MR) is 139 cm³/mol. The molecule has 2 aromatic carbocycles. The van der Waals surface area contributed by atoms with E-state index in [1.165, 1.54) is 21.3 Å². The van der Waals surface area contributed by atoms with Crippen LogP contribution in [0.2, 0.25) is 0 Å². The Morgan fingerprint density at radius 2 is 1.56 bits per heavy atom. The molecule has 2 aromatic rings. The topological polar surface area (TPSA) is 106 Å². The number of aryl methyl sites for hydroxylation is 1. The number of hydrogen-bond donors (Lipinski definition) is 1. The zero-order valence-electron chi connectivity index (χ0n) is 21.0. The van der Waals surface area contributed by atoms with Crippen LogP contribution in [0, 0.1) is 5.92 Å². The van der Waals surface area contributed by atoms with Gasteiger partial charge in [0.15, 0.2) is 15.8 Å². The molecule has 1 unspecified atom stereocenters. The summed E-state index contributed by atoms with van der Waals surface area (Å²) in [6.07, 6.45) is 2.54. The molecule has 0 heterocycles. The minimum Gasteiger partial charge on any atom is -0.493 e. The highest BCUT2D eigenvalue weighted by Crippen LogP contribution is 2.47. The Labute approximate surface area is 221 Å². The summed E-state index contributed by atoms with van der Waals surface area (Å²) in [5.41, 5.74) is 6.21. The quantitative estimate of drug-likeness (QED) is 0.190. The lowest BCUT2D eigenvalue weighted by Crippen LogP contribution is -2.35. The standard InChI is InChI=1S/C26H33Cl2NO7/c1-32-20-15-18(22(33-2)24(35-4)23(20)34-3)14-13-17(16-26(27,28)25(29)31)9-8-12-21(30)36-19-10-6-5-7-11-19/h5-7,10-11,15,17H,8-9,12-14,16H2,1-4H3,(H2,29,31).